The summed E-state index contributed by atoms with van der Waals surface area (Å²) in [4.78, 5) is 23.4. The van der Waals surface area contributed by atoms with E-state index in [4.69, 9.17) is 10.5 Å². The molecule has 0 spiro atoms. The molecule has 2 amide bonds. The third-order valence-corrected chi connectivity index (χ3v) is 2.85. The van der Waals surface area contributed by atoms with Gasteiger partial charge in [0, 0.05) is 23.4 Å². The van der Waals surface area contributed by atoms with Gasteiger partial charge in [-0.2, -0.15) is 0 Å². The molecule has 0 aliphatic heterocycles. The zero-order valence-electron chi connectivity index (χ0n) is 11.4. The number of carbonyl (C=O) groups excluding carboxylic acids is 2. The van der Waals surface area contributed by atoms with Crippen LogP contribution < -0.4 is 21.1 Å². The van der Waals surface area contributed by atoms with Gasteiger partial charge in [0.25, 0.3) is 5.91 Å². The van der Waals surface area contributed by atoms with Crippen LogP contribution in [0.1, 0.15) is 30.1 Å². The Kier molecular flexibility index (Phi) is 4.45. The molecular weight excluding hydrogens is 258 g/mol. The second-order valence-electron chi connectivity index (χ2n) is 4.75. The van der Waals surface area contributed by atoms with Gasteiger partial charge >= 0.3 is 0 Å². The SMILES string of the molecule is CCOc1cc(N)cc(C(=O)NCC(=O)NC2CC2)c1. The smallest absolute Gasteiger partial charge is 0.251 e. The van der Waals surface area contributed by atoms with Gasteiger partial charge in [-0.05, 0) is 31.9 Å². The lowest BCUT2D eigenvalue weighted by atomic mass is 10.1. The summed E-state index contributed by atoms with van der Waals surface area (Å²) in [5.41, 5.74) is 6.55. The highest BCUT2D eigenvalue weighted by atomic mass is 16.5. The van der Waals surface area contributed by atoms with Gasteiger partial charge in [-0.3, -0.25) is 9.59 Å². The second-order valence-corrected chi connectivity index (χ2v) is 4.75. The van der Waals surface area contributed by atoms with Crippen LogP contribution in [0.25, 0.3) is 0 Å². The molecule has 1 aliphatic carbocycles. The van der Waals surface area contributed by atoms with E-state index in [2.05, 4.69) is 10.6 Å². The number of carbonyl (C=O) groups is 2. The van der Waals surface area contributed by atoms with Crippen molar-refractivity contribution in [1.29, 1.82) is 0 Å². The number of nitrogen functional groups attached to an aromatic ring is 1. The van der Waals surface area contributed by atoms with Crippen molar-refractivity contribution in [1.82, 2.24) is 10.6 Å². The van der Waals surface area contributed by atoms with Crippen LogP contribution in [0.2, 0.25) is 0 Å². The molecule has 1 saturated carbocycles. The maximum atomic E-state index is 12.0. The summed E-state index contributed by atoms with van der Waals surface area (Å²) < 4.78 is 5.32. The molecule has 0 bridgehead atoms. The fourth-order valence-electron chi connectivity index (χ4n) is 1.77. The van der Waals surface area contributed by atoms with Crippen molar-refractivity contribution in [3.63, 3.8) is 0 Å². The average Bonchev–Trinajstić information content (AvgIpc) is 3.19. The van der Waals surface area contributed by atoms with Crippen molar-refractivity contribution in [2.75, 3.05) is 18.9 Å². The van der Waals surface area contributed by atoms with Crippen LogP contribution in [0.3, 0.4) is 0 Å². The summed E-state index contributed by atoms with van der Waals surface area (Å²) in [6.45, 7) is 2.31. The largest absolute Gasteiger partial charge is 0.494 e. The third kappa shape index (κ3) is 4.15. The molecule has 1 fully saturated rings. The number of nitrogens with one attached hydrogen (secondary N) is 2. The van der Waals surface area contributed by atoms with E-state index in [9.17, 15) is 9.59 Å². The van der Waals surface area contributed by atoms with E-state index < -0.39 is 0 Å². The quantitative estimate of drug-likeness (QED) is 0.666. The van der Waals surface area contributed by atoms with Gasteiger partial charge < -0.3 is 21.1 Å². The number of ether oxygens (including phenoxy) is 1. The topological polar surface area (TPSA) is 93.4 Å². The molecule has 108 valence electrons. The standard InChI is InChI=1S/C14H19N3O3/c1-2-20-12-6-9(5-10(15)7-12)14(19)16-8-13(18)17-11-3-4-11/h5-7,11H,2-4,8,15H2,1H3,(H,16,19)(H,17,18). The van der Waals surface area contributed by atoms with Crippen LogP contribution in [-0.4, -0.2) is 31.0 Å². The fourth-order valence-corrected chi connectivity index (χ4v) is 1.77. The molecule has 6 heteroatoms. The molecule has 1 aromatic rings. The van der Waals surface area contributed by atoms with Crippen molar-refractivity contribution < 1.29 is 14.3 Å². The number of nitrogens with two attached hydrogens (primary N) is 1. The first-order chi connectivity index (χ1) is 9.58. The first-order valence-corrected chi connectivity index (χ1v) is 6.69. The lowest BCUT2D eigenvalue weighted by Gasteiger charge is -2.09. The number of hydrogen-bond acceptors (Lipinski definition) is 4. The summed E-state index contributed by atoms with van der Waals surface area (Å²) in [5, 5.41) is 5.37. The van der Waals surface area contributed by atoms with Crippen molar-refractivity contribution in [2.45, 2.75) is 25.8 Å². The Morgan fingerprint density at radius 1 is 1.35 bits per heavy atom. The fraction of sp³-hybridized carbons (Fsp3) is 0.429. The van der Waals surface area contributed by atoms with Gasteiger partial charge in [0.15, 0.2) is 0 Å². The van der Waals surface area contributed by atoms with E-state index in [-0.39, 0.29) is 24.4 Å². The molecule has 2 rings (SSSR count). The molecule has 0 unspecified atom stereocenters. The normalized spacial score (nSPS) is 13.7. The first kappa shape index (κ1) is 14.2. The molecule has 0 heterocycles. The highest BCUT2D eigenvalue weighted by Gasteiger charge is 2.23. The predicted molar refractivity (Wildman–Crippen MR) is 75.5 cm³/mol. The average molecular weight is 277 g/mol. The minimum absolute atomic E-state index is 0.0336. The van der Waals surface area contributed by atoms with E-state index in [1.165, 1.54) is 0 Å². The number of rotatable bonds is 6. The van der Waals surface area contributed by atoms with Crippen LogP contribution in [0.4, 0.5) is 5.69 Å². The van der Waals surface area contributed by atoms with Crippen LogP contribution in [0.15, 0.2) is 18.2 Å². The van der Waals surface area contributed by atoms with E-state index in [0.29, 0.717) is 23.6 Å². The number of amides is 2. The monoisotopic (exact) mass is 277 g/mol. The van der Waals surface area contributed by atoms with Crippen LogP contribution in [-0.2, 0) is 4.79 Å². The van der Waals surface area contributed by atoms with Crippen LogP contribution >= 0.6 is 0 Å². The Hall–Kier alpha value is -2.24. The Labute approximate surface area is 117 Å². The van der Waals surface area contributed by atoms with Gasteiger partial charge in [0.05, 0.1) is 13.2 Å². The summed E-state index contributed by atoms with van der Waals surface area (Å²) in [6, 6.07) is 5.10. The van der Waals surface area contributed by atoms with Gasteiger partial charge in [-0.25, -0.2) is 0 Å². The third-order valence-electron chi connectivity index (χ3n) is 2.85. The zero-order chi connectivity index (χ0) is 14.5. The maximum absolute atomic E-state index is 12.0. The maximum Gasteiger partial charge on any atom is 0.251 e. The molecule has 20 heavy (non-hydrogen) atoms. The Bertz CT molecular complexity index is 512. The summed E-state index contributed by atoms with van der Waals surface area (Å²) in [7, 11) is 0. The van der Waals surface area contributed by atoms with Gasteiger partial charge in [0.1, 0.15) is 5.75 Å². The van der Waals surface area contributed by atoms with E-state index in [1.54, 1.807) is 18.2 Å². The number of benzene rings is 1. The molecular formula is C14H19N3O3. The number of hydrogen-bond donors (Lipinski definition) is 3. The van der Waals surface area contributed by atoms with Crippen molar-refractivity contribution >= 4 is 17.5 Å². The zero-order valence-corrected chi connectivity index (χ0v) is 11.4. The van der Waals surface area contributed by atoms with Crippen molar-refractivity contribution in [3.05, 3.63) is 23.8 Å². The highest BCUT2D eigenvalue weighted by Crippen LogP contribution is 2.19. The number of anilines is 1. The lowest BCUT2D eigenvalue weighted by Crippen LogP contribution is -2.37. The molecule has 1 aromatic carbocycles. The summed E-state index contributed by atoms with van der Waals surface area (Å²) in [5.74, 6) is 0.0269. The lowest BCUT2D eigenvalue weighted by molar-refractivity contribution is -0.120. The van der Waals surface area contributed by atoms with Crippen LogP contribution in [0.5, 0.6) is 5.75 Å². The minimum Gasteiger partial charge on any atom is -0.494 e. The molecule has 4 N–H and O–H groups in total. The molecule has 0 radical (unpaired) electrons. The van der Waals surface area contributed by atoms with Gasteiger partial charge in [0.2, 0.25) is 5.91 Å². The van der Waals surface area contributed by atoms with E-state index in [1.807, 2.05) is 6.92 Å². The Morgan fingerprint density at radius 3 is 2.75 bits per heavy atom. The van der Waals surface area contributed by atoms with Gasteiger partial charge in [-0.1, -0.05) is 0 Å². The first-order valence-electron chi connectivity index (χ1n) is 6.69. The molecule has 0 saturated heterocycles. The highest BCUT2D eigenvalue weighted by molar-refractivity contribution is 5.97. The van der Waals surface area contributed by atoms with Crippen molar-refractivity contribution in [2.24, 2.45) is 0 Å². The minimum atomic E-state index is -0.343. The molecule has 0 aromatic heterocycles. The van der Waals surface area contributed by atoms with Gasteiger partial charge in [-0.15, -0.1) is 0 Å². The summed E-state index contributed by atoms with van der Waals surface area (Å²) >= 11 is 0. The van der Waals surface area contributed by atoms with Crippen LogP contribution in [0, 0.1) is 0 Å². The van der Waals surface area contributed by atoms with E-state index in [0.717, 1.165) is 12.8 Å². The summed E-state index contributed by atoms with van der Waals surface area (Å²) in [6.07, 6.45) is 2.04. The molecule has 0 atom stereocenters. The van der Waals surface area contributed by atoms with Crippen molar-refractivity contribution in [3.8, 4) is 5.75 Å². The Morgan fingerprint density at radius 2 is 2.10 bits per heavy atom. The second kappa shape index (κ2) is 6.27. The Balaban J connectivity index is 1.91. The predicted octanol–water partition coefficient (Wildman–Crippen LogP) is 0.676. The molecule has 6 nitrogen and oxygen atoms in total. The molecule has 1 aliphatic rings. The van der Waals surface area contributed by atoms with E-state index >= 15 is 0 Å².